The average Bonchev–Trinajstić information content (AvgIpc) is 3.01. The minimum atomic E-state index is 0.562. The molecule has 0 spiro atoms. The van der Waals surface area contributed by atoms with Gasteiger partial charge >= 0.3 is 0 Å². The Balaban J connectivity index is 1.75. The number of aliphatic imine (C=N–C) groups is 1. The van der Waals surface area contributed by atoms with Crippen LogP contribution in [-0.2, 0) is 0 Å². The average molecular weight is 238 g/mol. The number of benzene rings is 1. The Morgan fingerprint density at radius 3 is 2.72 bits per heavy atom. The van der Waals surface area contributed by atoms with Crippen LogP contribution in [0, 0.1) is 5.92 Å². The Morgan fingerprint density at radius 1 is 0.944 bits per heavy atom. The highest BCUT2D eigenvalue weighted by molar-refractivity contribution is 5.90. The highest BCUT2D eigenvalue weighted by Gasteiger charge is 2.22. The third-order valence-corrected chi connectivity index (χ3v) is 3.93. The van der Waals surface area contributed by atoms with E-state index in [1.807, 2.05) is 12.1 Å². The van der Waals surface area contributed by atoms with Gasteiger partial charge in [-0.05, 0) is 25.0 Å². The minimum absolute atomic E-state index is 0.562. The number of rotatable bonds is 1. The quantitative estimate of drug-likeness (QED) is 0.722. The second-order valence-electron chi connectivity index (χ2n) is 5.16. The van der Waals surface area contributed by atoms with Gasteiger partial charge in [0.25, 0.3) is 0 Å². The molecule has 4 nitrogen and oxygen atoms in total. The molecule has 2 heterocycles. The maximum absolute atomic E-state index is 4.70. The predicted molar refractivity (Wildman–Crippen MR) is 69.9 cm³/mol. The van der Waals surface area contributed by atoms with Crippen molar-refractivity contribution in [3.63, 3.8) is 0 Å². The standard InChI is InChI=1S/C14H14N4/c1-2-4-9(5-3-1)14-16-12-6-10-8-15-18-11(10)7-13(12)17-14/h6-9H,1-5H2. The fourth-order valence-corrected chi connectivity index (χ4v) is 2.92. The van der Waals surface area contributed by atoms with Gasteiger partial charge in [0, 0.05) is 11.1 Å². The van der Waals surface area contributed by atoms with E-state index in [0.29, 0.717) is 5.92 Å². The monoisotopic (exact) mass is 238 g/mol. The number of fused-ring (bicyclic) bond motifs is 2. The lowest BCUT2D eigenvalue weighted by molar-refractivity contribution is 0.437. The van der Waals surface area contributed by atoms with E-state index in [0.717, 1.165) is 27.8 Å². The number of hydrogen-bond donors (Lipinski definition) is 0. The summed E-state index contributed by atoms with van der Waals surface area (Å²) >= 11 is 0. The summed E-state index contributed by atoms with van der Waals surface area (Å²) in [6.45, 7) is 0. The summed E-state index contributed by atoms with van der Waals surface area (Å²) < 4.78 is 0. The molecule has 0 N–H and O–H groups in total. The summed E-state index contributed by atoms with van der Waals surface area (Å²) in [6, 6.07) is 4.04. The lowest BCUT2D eigenvalue weighted by Gasteiger charge is -2.19. The Kier molecular flexibility index (Phi) is 2.15. The van der Waals surface area contributed by atoms with Gasteiger partial charge in [0.15, 0.2) is 0 Å². The van der Waals surface area contributed by atoms with Crippen LogP contribution in [0.2, 0.25) is 0 Å². The molecule has 0 aromatic heterocycles. The van der Waals surface area contributed by atoms with E-state index in [9.17, 15) is 0 Å². The molecule has 1 fully saturated rings. The van der Waals surface area contributed by atoms with Crippen LogP contribution in [0.25, 0.3) is 6.20 Å². The third-order valence-electron chi connectivity index (χ3n) is 3.93. The molecule has 1 aliphatic carbocycles. The lowest BCUT2D eigenvalue weighted by Crippen LogP contribution is -2.15. The Bertz CT molecular complexity index is 678. The highest BCUT2D eigenvalue weighted by Crippen LogP contribution is 2.28. The van der Waals surface area contributed by atoms with Crippen molar-refractivity contribution in [2.45, 2.75) is 32.1 Å². The zero-order valence-electron chi connectivity index (χ0n) is 10.1. The molecule has 2 aliphatic heterocycles. The van der Waals surface area contributed by atoms with E-state index in [1.54, 1.807) is 6.20 Å². The van der Waals surface area contributed by atoms with Crippen molar-refractivity contribution in [3.8, 4) is 0 Å². The SMILES string of the molecule is C1=c2cc3c(cc2N=N1)=NC(C1CCCCC1)=N3. The fraction of sp³-hybridized carbons (Fsp3) is 0.429. The molecule has 0 atom stereocenters. The van der Waals surface area contributed by atoms with Gasteiger partial charge < -0.3 is 0 Å². The van der Waals surface area contributed by atoms with Crippen LogP contribution in [0.3, 0.4) is 0 Å². The summed E-state index contributed by atoms with van der Waals surface area (Å²) in [6.07, 6.45) is 8.25. The number of hydrogen-bond acceptors (Lipinski definition) is 4. The van der Waals surface area contributed by atoms with Crippen molar-refractivity contribution in [1.82, 2.24) is 0 Å². The molecular weight excluding hydrogens is 224 g/mol. The van der Waals surface area contributed by atoms with Crippen LogP contribution < -0.4 is 10.6 Å². The smallest absolute Gasteiger partial charge is 0.132 e. The van der Waals surface area contributed by atoms with E-state index in [1.165, 1.54) is 32.1 Å². The van der Waals surface area contributed by atoms with Crippen molar-refractivity contribution < 1.29 is 0 Å². The summed E-state index contributed by atoms with van der Waals surface area (Å²) in [7, 11) is 0. The lowest BCUT2D eigenvalue weighted by atomic mass is 9.88. The van der Waals surface area contributed by atoms with Gasteiger partial charge in [-0.1, -0.05) is 19.3 Å². The summed E-state index contributed by atoms with van der Waals surface area (Å²) in [5.74, 6) is 1.59. The van der Waals surface area contributed by atoms with Crippen LogP contribution >= 0.6 is 0 Å². The van der Waals surface area contributed by atoms with Gasteiger partial charge in [-0.2, -0.15) is 10.2 Å². The molecule has 18 heavy (non-hydrogen) atoms. The molecule has 1 aromatic rings. The molecule has 1 saturated carbocycles. The first-order chi connectivity index (χ1) is 8.90. The van der Waals surface area contributed by atoms with Crippen LogP contribution in [0.15, 0.2) is 32.3 Å². The molecule has 0 bridgehead atoms. The van der Waals surface area contributed by atoms with E-state index in [2.05, 4.69) is 15.2 Å². The molecule has 3 aliphatic rings. The van der Waals surface area contributed by atoms with E-state index in [4.69, 9.17) is 4.99 Å². The van der Waals surface area contributed by atoms with E-state index in [-0.39, 0.29) is 0 Å². The molecule has 0 radical (unpaired) electrons. The van der Waals surface area contributed by atoms with Crippen molar-refractivity contribution in [1.29, 1.82) is 0 Å². The van der Waals surface area contributed by atoms with Gasteiger partial charge in [0.05, 0.1) is 22.9 Å². The first-order valence-electron chi connectivity index (χ1n) is 6.62. The Morgan fingerprint density at radius 2 is 1.83 bits per heavy atom. The van der Waals surface area contributed by atoms with E-state index >= 15 is 0 Å². The second-order valence-corrected chi connectivity index (χ2v) is 5.16. The maximum Gasteiger partial charge on any atom is 0.132 e. The molecular formula is C14H14N4. The normalized spacial score (nSPS) is 21.0. The van der Waals surface area contributed by atoms with Crippen LogP contribution in [0.4, 0.5) is 11.4 Å². The first kappa shape index (κ1) is 10.1. The third kappa shape index (κ3) is 1.52. The van der Waals surface area contributed by atoms with Crippen molar-refractivity contribution in [3.05, 3.63) is 22.7 Å². The molecule has 1 aromatic carbocycles. The highest BCUT2D eigenvalue weighted by atomic mass is 15.1. The van der Waals surface area contributed by atoms with Gasteiger partial charge in [-0.15, -0.1) is 0 Å². The van der Waals surface area contributed by atoms with E-state index < -0.39 is 0 Å². The fourth-order valence-electron chi connectivity index (χ4n) is 2.92. The number of azo groups is 1. The zero-order valence-corrected chi connectivity index (χ0v) is 10.1. The molecule has 4 heteroatoms. The first-order valence-corrected chi connectivity index (χ1v) is 6.62. The molecule has 0 saturated heterocycles. The topological polar surface area (TPSA) is 49.4 Å². The van der Waals surface area contributed by atoms with Crippen LogP contribution in [0.5, 0.6) is 0 Å². The summed E-state index contributed by atoms with van der Waals surface area (Å²) in [5.41, 5.74) is 1.90. The molecule has 4 rings (SSSR count). The molecule has 0 unspecified atom stereocenters. The zero-order chi connectivity index (χ0) is 11.9. The number of nitrogens with zero attached hydrogens (tertiary/aromatic N) is 4. The van der Waals surface area contributed by atoms with Gasteiger partial charge in [-0.25, -0.2) is 9.98 Å². The molecule has 0 amide bonds. The Hall–Kier alpha value is -1.84. The van der Waals surface area contributed by atoms with Crippen molar-refractivity contribution in [2.75, 3.05) is 0 Å². The van der Waals surface area contributed by atoms with Gasteiger partial charge in [-0.3, -0.25) is 0 Å². The van der Waals surface area contributed by atoms with Gasteiger partial charge in [0.2, 0.25) is 0 Å². The van der Waals surface area contributed by atoms with Gasteiger partial charge in [0.1, 0.15) is 5.84 Å². The Labute approximate surface area is 105 Å². The minimum Gasteiger partial charge on any atom is -0.231 e. The maximum atomic E-state index is 4.70. The molecule has 90 valence electrons. The van der Waals surface area contributed by atoms with Crippen LogP contribution in [0.1, 0.15) is 32.1 Å². The predicted octanol–water partition coefficient (Wildman–Crippen LogP) is 2.77. The summed E-state index contributed by atoms with van der Waals surface area (Å²) in [4.78, 5) is 9.39. The second kappa shape index (κ2) is 3.83. The number of amidine groups is 1. The van der Waals surface area contributed by atoms with Crippen LogP contribution in [-0.4, -0.2) is 5.84 Å². The van der Waals surface area contributed by atoms with Crippen molar-refractivity contribution >= 4 is 23.4 Å². The summed E-state index contributed by atoms with van der Waals surface area (Å²) in [5, 5.41) is 10.00. The largest absolute Gasteiger partial charge is 0.231 e. The van der Waals surface area contributed by atoms with Crippen molar-refractivity contribution in [2.24, 2.45) is 26.1 Å².